The van der Waals surface area contributed by atoms with Gasteiger partial charge in [0.25, 0.3) is 0 Å². The standard InChI is InChI=1S/C19H25Cl2N3O2.ClH/c1-24(10-16(25)23-18-14(20)6-3-7-15(18)21)19(26)13-8-11-4-2-5-12(9-13)17(11)22;/h3,6-7,11-13,17H,2,4-5,8-10,22H2,1H3,(H,23,25);1H. The molecule has 3 N–H and O–H groups in total. The monoisotopic (exact) mass is 433 g/mol. The fourth-order valence-corrected chi connectivity index (χ4v) is 4.88. The number of nitrogens with two attached hydrogens (primary N) is 1. The summed E-state index contributed by atoms with van der Waals surface area (Å²) >= 11 is 12.1. The van der Waals surface area contributed by atoms with Crippen molar-refractivity contribution in [3.8, 4) is 0 Å². The number of anilines is 1. The number of hydrogen-bond acceptors (Lipinski definition) is 3. The third-order valence-corrected chi connectivity index (χ3v) is 6.38. The van der Waals surface area contributed by atoms with Crippen LogP contribution in [0.15, 0.2) is 18.2 Å². The highest BCUT2D eigenvalue weighted by Gasteiger charge is 2.41. The lowest BCUT2D eigenvalue weighted by molar-refractivity contribution is -0.139. The maximum atomic E-state index is 12.8. The number of carbonyl (C=O) groups excluding carboxylic acids is 2. The van der Waals surface area contributed by atoms with E-state index in [9.17, 15) is 9.59 Å². The molecule has 3 rings (SSSR count). The molecule has 0 radical (unpaired) electrons. The summed E-state index contributed by atoms with van der Waals surface area (Å²) in [4.78, 5) is 26.6. The lowest BCUT2D eigenvalue weighted by Gasteiger charge is -2.44. The molecule has 2 fully saturated rings. The first kappa shape index (κ1) is 22.3. The number of likely N-dealkylation sites (N-methyl/N-ethyl adjacent to an activating group) is 1. The van der Waals surface area contributed by atoms with Crippen LogP contribution in [0.4, 0.5) is 5.69 Å². The molecule has 2 bridgehead atoms. The Morgan fingerprint density at radius 3 is 2.30 bits per heavy atom. The highest BCUT2D eigenvalue weighted by Crippen LogP contribution is 2.42. The summed E-state index contributed by atoms with van der Waals surface area (Å²) in [5, 5.41) is 3.44. The number of para-hydroxylation sites is 1. The number of carbonyl (C=O) groups is 2. The fraction of sp³-hybridized carbons (Fsp3) is 0.579. The van der Waals surface area contributed by atoms with Crippen molar-refractivity contribution >= 4 is 53.1 Å². The number of fused-ring (bicyclic) bond motifs is 2. The summed E-state index contributed by atoms with van der Waals surface area (Å²) < 4.78 is 0. The van der Waals surface area contributed by atoms with Gasteiger partial charge in [-0.1, -0.05) is 35.7 Å². The van der Waals surface area contributed by atoms with E-state index in [2.05, 4.69) is 5.32 Å². The lowest BCUT2D eigenvalue weighted by atomic mass is 9.65. The summed E-state index contributed by atoms with van der Waals surface area (Å²) in [6.07, 6.45) is 5.09. The van der Waals surface area contributed by atoms with Gasteiger partial charge >= 0.3 is 0 Å². The number of hydrogen-bond donors (Lipinski definition) is 2. The molecule has 0 aromatic heterocycles. The molecule has 27 heavy (non-hydrogen) atoms. The smallest absolute Gasteiger partial charge is 0.244 e. The number of amides is 2. The molecule has 8 heteroatoms. The van der Waals surface area contributed by atoms with Crippen molar-refractivity contribution in [3.05, 3.63) is 28.2 Å². The molecule has 1 aromatic carbocycles. The van der Waals surface area contributed by atoms with Gasteiger partial charge in [0.05, 0.1) is 22.3 Å². The van der Waals surface area contributed by atoms with E-state index in [-0.39, 0.29) is 42.7 Å². The molecule has 2 aliphatic carbocycles. The van der Waals surface area contributed by atoms with Gasteiger partial charge in [0.15, 0.2) is 0 Å². The molecule has 2 saturated carbocycles. The first-order valence-corrected chi connectivity index (χ1v) is 9.86. The molecular weight excluding hydrogens is 409 g/mol. The van der Waals surface area contributed by atoms with E-state index < -0.39 is 0 Å². The molecule has 2 aliphatic rings. The quantitative estimate of drug-likeness (QED) is 0.753. The van der Waals surface area contributed by atoms with E-state index in [1.807, 2.05) is 0 Å². The number of benzene rings is 1. The van der Waals surface area contributed by atoms with Crippen molar-refractivity contribution in [1.29, 1.82) is 0 Å². The molecule has 0 heterocycles. The Morgan fingerprint density at radius 1 is 1.19 bits per heavy atom. The zero-order valence-electron chi connectivity index (χ0n) is 15.3. The second-order valence-corrected chi connectivity index (χ2v) is 8.35. The van der Waals surface area contributed by atoms with Gasteiger partial charge in [-0.25, -0.2) is 0 Å². The molecule has 2 amide bonds. The average Bonchev–Trinajstić information content (AvgIpc) is 2.57. The summed E-state index contributed by atoms with van der Waals surface area (Å²) in [6, 6.07) is 5.24. The number of rotatable bonds is 4. The van der Waals surface area contributed by atoms with E-state index in [4.69, 9.17) is 28.9 Å². The minimum absolute atomic E-state index is 0. The Labute approximate surface area is 176 Å². The Kier molecular flexibility index (Phi) is 7.81. The van der Waals surface area contributed by atoms with Crippen LogP contribution in [-0.4, -0.2) is 36.3 Å². The topological polar surface area (TPSA) is 75.4 Å². The number of nitrogens with zero attached hydrogens (tertiary/aromatic N) is 1. The average molecular weight is 435 g/mol. The highest BCUT2D eigenvalue weighted by molar-refractivity contribution is 6.39. The van der Waals surface area contributed by atoms with Crippen LogP contribution in [0.2, 0.25) is 10.0 Å². The van der Waals surface area contributed by atoms with E-state index in [0.717, 1.165) is 25.7 Å². The van der Waals surface area contributed by atoms with Crippen LogP contribution < -0.4 is 11.1 Å². The minimum Gasteiger partial charge on any atom is -0.336 e. The Balaban J connectivity index is 0.00000261. The number of nitrogens with one attached hydrogen (secondary N) is 1. The maximum absolute atomic E-state index is 12.8. The van der Waals surface area contributed by atoms with Gasteiger partial charge in [-0.3, -0.25) is 9.59 Å². The molecule has 150 valence electrons. The molecule has 0 spiro atoms. The molecule has 0 aliphatic heterocycles. The maximum Gasteiger partial charge on any atom is 0.244 e. The predicted molar refractivity (Wildman–Crippen MR) is 112 cm³/mol. The van der Waals surface area contributed by atoms with E-state index in [1.54, 1.807) is 25.2 Å². The van der Waals surface area contributed by atoms with Crippen molar-refractivity contribution < 1.29 is 9.59 Å². The minimum atomic E-state index is -0.316. The van der Waals surface area contributed by atoms with Crippen molar-refractivity contribution in [2.24, 2.45) is 23.5 Å². The van der Waals surface area contributed by atoms with Crippen molar-refractivity contribution in [2.45, 2.75) is 38.1 Å². The van der Waals surface area contributed by atoms with Crippen LogP contribution >= 0.6 is 35.6 Å². The van der Waals surface area contributed by atoms with Gasteiger partial charge in [0, 0.05) is 19.0 Å². The molecule has 2 atom stereocenters. The molecule has 0 saturated heterocycles. The van der Waals surface area contributed by atoms with Gasteiger partial charge < -0.3 is 16.0 Å². The third kappa shape index (κ3) is 5.08. The Morgan fingerprint density at radius 2 is 1.74 bits per heavy atom. The molecule has 1 aromatic rings. The predicted octanol–water partition coefficient (Wildman–Crippen LogP) is 3.97. The van der Waals surface area contributed by atoms with Gasteiger partial charge in [0.2, 0.25) is 11.8 Å². The van der Waals surface area contributed by atoms with Crippen LogP contribution in [0.1, 0.15) is 32.1 Å². The van der Waals surface area contributed by atoms with Crippen LogP contribution in [-0.2, 0) is 9.59 Å². The molecule has 2 unspecified atom stereocenters. The fourth-order valence-electron chi connectivity index (χ4n) is 4.39. The zero-order chi connectivity index (χ0) is 18.8. The van der Waals surface area contributed by atoms with Crippen LogP contribution in [0.25, 0.3) is 0 Å². The summed E-state index contributed by atoms with van der Waals surface area (Å²) in [6.45, 7) is -0.0295. The van der Waals surface area contributed by atoms with Crippen LogP contribution in [0.3, 0.4) is 0 Å². The molecular formula is C19H26Cl3N3O2. The van der Waals surface area contributed by atoms with E-state index >= 15 is 0 Å². The van der Waals surface area contributed by atoms with Gasteiger partial charge in [-0.05, 0) is 49.7 Å². The molecule has 5 nitrogen and oxygen atoms in total. The largest absolute Gasteiger partial charge is 0.336 e. The van der Waals surface area contributed by atoms with Gasteiger partial charge in [0.1, 0.15) is 0 Å². The lowest BCUT2D eigenvalue weighted by Crippen LogP contribution is -2.49. The zero-order valence-corrected chi connectivity index (χ0v) is 17.6. The number of halogens is 3. The van der Waals surface area contributed by atoms with Crippen molar-refractivity contribution in [3.63, 3.8) is 0 Å². The Hall–Kier alpha value is -1.01. The van der Waals surface area contributed by atoms with E-state index in [0.29, 0.717) is 27.6 Å². The Bertz CT molecular complexity index is 667. The second kappa shape index (κ2) is 9.46. The van der Waals surface area contributed by atoms with Gasteiger partial charge in [-0.15, -0.1) is 12.4 Å². The second-order valence-electron chi connectivity index (χ2n) is 7.54. The SMILES string of the molecule is CN(CC(=O)Nc1c(Cl)cccc1Cl)C(=O)C1CC2CCCC(C1)C2N.Cl. The summed E-state index contributed by atoms with van der Waals surface area (Å²) in [7, 11) is 1.67. The van der Waals surface area contributed by atoms with Crippen LogP contribution in [0.5, 0.6) is 0 Å². The van der Waals surface area contributed by atoms with Crippen molar-refractivity contribution in [2.75, 3.05) is 18.9 Å². The van der Waals surface area contributed by atoms with E-state index in [1.165, 1.54) is 11.3 Å². The first-order valence-electron chi connectivity index (χ1n) is 9.11. The highest BCUT2D eigenvalue weighted by atomic mass is 35.5. The normalized spacial score (nSPS) is 26.7. The summed E-state index contributed by atoms with van der Waals surface area (Å²) in [5.74, 6) is 0.533. The summed E-state index contributed by atoms with van der Waals surface area (Å²) in [5.41, 5.74) is 6.68. The third-order valence-electron chi connectivity index (χ3n) is 5.75. The van der Waals surface area contributed by atoms with Crippen molar-refractivity contribution in [1.82, 2.24) is 4.90 Å². The van der Waals surface area contributed by atoms with Crippen LogP contribution in [0, 0.1) is 17.8 Å². The first-order chi connectivity index (χ1) is 12.4. The van der Waals surface area contributed by atoms with Gasteiger partial charge in [-0.2, -0.15) is 0 Å².